The second-order valence-electron chi connectivity index (χ2n) is 8.14. The van der Waals surface area contributed by atoms with E-state index in [0.29, 0.717) is 30.1 Å². The maximum Gasteiger partial charge on any atom is 0.272 e. The number of hydrogen-bond acceptors (Lipinski definition) is 3. The number of rotatable bonds is 6. The van der Waals surface area contributed by atoms with Crippen molar-refractivity contribution in [3.8, 4) is 0 Å². The summed E-state index contributed by atoms with van der Waals surface area (Å²) in [6.45, 7) is 5.36. The van der Waals surface area contributed by atoms with E-state index in [2.05, 4.69) is 72.8 Å². The third kappa shape index (κ3) is 4.07. The predicted molar refractivity (Wildman–Crippen MR) is 125 cm³/mol. The lowest BCUT2D eigenvalue weighted by molar-refractivity contribution is 0.101. The third-order valence-electron chi connectivity index (χ3n) is 5.57. The molecule has 0 aliphatic carbocycles. The Balaban J connectivity index is 1.36. The Morgan fingerprint density at radius 3 is 2.28 bits per heavy atom. The number of carbonyl (C=O) groups is 1. The molecule has 0 saturated heterocycles. The normalized spacial score (nSPS) is 11.2. The molecule has 0 bridgehead atoms. The highest BCUT2D eigenvalue weighted by Crippen LogP contribution is 2.23. The summed E-state index contributed by atoms with van der Waals surface area (Å²) in [5.74, 6) is -0.196. The number of fused-ring (bicyclic) bond motifs is 1. The number of anilines is 1. The topological polar surface area (TPSA) is 65.0 Å². The van der Waals surface area contributed by atoms with Gasteiger partial charge in [-0.2, -0.15) is 5.10 Å². The van der Waals surface area contributed by atoms with Gasteiger partial charge in [0.2, 0.25) is 0 Å². The molecule has 0 radical (unpaired) electrons. The molecule has 5 aromatic rings. The van der Waals surface area contributed by atoms with Crippen LogP contribution < -0.4 is 5.32 Å². The molecule has 2 aromatic carbocycles. The van der Waals surface area contributed by atoms with E-state index in [4.69, 9.17) is 4.42 Å². The van der Waals surface area contributed by atoms with Crippen LogP contribution in [0.25, 0.3) is 11.1 Å². The highest BCUT2D eigenvalue weighted by Gasteiger charge is 2.18. The molecule has 3 heterocycles. The van der Waals surface area contributed by atoms with Gasteiger partial charge < -0.3 is 14.3 Å². The molecule has 1 N–H and O–H groups in total. The molecule has 1 amide bonds. The lowest BCUT2D eigenvalue weighted by atomic mass is 10.1. The number of carbonyl (C=O) groups excluding carboxylic acids is 1. The zero-order valence-electron chi connectivity index (χ0n) is 18.1. The van der Waals surface area contributed by atoms with Crippen LogP contribution in [-0.2, 0) is 13.1 Å². The molecule has 0 fully saturated rings. The van der Waals surface area contributed by atoms with Crippen LogP contribution in [0.15, 0.2) is 83.7 Å². The molecule has 0 saturated carbocycles. The van der Waals surface area contributed by atoms with Crippen LogP contribution in [0.4, 0.5) is 5.69 Å². The Kier molecular flexibility index (Phi) is 5.11. The largest absolute Gasteiger partial charge is 0.463 e. The van der Waals surface area contributed by atoms with Crippen LogP contribution in [0.5, 0.6) is 0 Å². The van der Waals surface area contributed by atoms with Crippen molar-refractivity contribution < 1.29 is 9.21 Å². The molecule has 0 atom stereocenters. The molecular formula is C26H24N4O2. The number of nitrogens with zero attached hydrogens (tertiary/aromatic N) is 3. The van der Waals surface area contributed by atoms with E-state index in [1.165, 1.54) is 11.1 Å². The quantitative estimate of drug-likeness (QED) is 0.397. The summed E-state index contributed by atoms with van der Waals surface area (Å²) in [5, 5.41) is 7.36. The first-order valence-electron chi connectivity index (χ1n) is 10.6. The van der Waals surface area contributed by atoms with E-state index < -0.39 is 0 Å². The van der Waals surface area contributed by atoms with Crippen LogP contribution >= 0.6 is 0 Å². The minimum atomic E-state index is -0.196. The molecular weight excluding hydrogens is 400 g/mol. The SMILES string of the molecule is Cc1ccc(Cn2cc(NC(=O)c3cc4occc4n3Cc3ccc(C)cc3)cn2)cc1. The van der Waals surface area contributed by atoms with Crippen molar-refractivity contribution in [3.05, 3.63) is 107 Å². The van der Waals surface area contributed by atoms with Crippen molar-refractivity contribution in [2.75, 3.05) is 5.32 Å². The van der Waals surface area contributed by atoms with Crippen molar-refractivity contribution in [3.63, 3.8) is 0 Å². The number of benzene rings is 2. The first kappa shape index (κ1) is 19.9. The lowest BCUT2D eigenvalue weighted by Crippen LogP contribution is -2.17. The van der Waals surface area contributed by atoms with Crippen molar-refractivity contribution in [1.29, 1.82) is 0 Å². The molecule has 3 aromatic heterocycles. The molecule has 6 nitrogen and oxygen atoms in total. The fourth-order valence-corrected chi connectivity index (χ4v) is 3.80. The van der Waals surface area contributed by atoms with E-state index in [0.717, 1.165) is 16.6 Å². The molecule has 0 aliphatic rings. The second-order valence-corrected chi connectivity index (χ2v) is 8.14. The summed E-state index contributed by atoms with van der Waals surface area (Å²) in [4.78, 5) is 13.1. The Morgan fingerprint density at radius 1 is 0.938 bits per heavy atom. The molecule has 0 unspecified atom stereocenters. The number of furan rings is 1. The van der Waals surface area contributed by atoms with Gasteiger partial charge in [-0.15, -0.1) is 0 Å². The van der Waals surface area contributed by atoms with Gasteiger partial charge in [-0.05, 0) is 25.0 Å². The van der Waals surface area contributed by atoms with Crippen LogP contribution in [0.1, 0.15) is 32.7 Å². The third-order valence-corrected chi connectivity index (χ3v) is 5.57. The first-order valence-corrected chi connectivity index (χ1v) is 10.6. The van der Waals surface area contributed by atoms with E-state index in [-0.39, 0.29) is 5.91 Å². The zero-order chi connectivity index (χ0) is 22.1. The molecule has 160 valence electrons. The highest BCUT2D eigenvalue weighted by atomic mass is 16.3. The van der Waals surface area contributed by atoms with Gasteiger partial charge >= 0.3 is 0 Å². The molecule has 6 heteroatoms. The van der Waals surface area contributed by atoms with Crippen LogP contribution in [0.3, 0.4) is 0 Å². The molecule has 32 heavy (non-hydrogen) atoms. The number of aryl methyl sites for hydroxylation is 2. The van der Waals surface area contributed by atoms with E-state index in [9.17, 15) is 4.79 Å². The lowest BCUT2D eigenvalue weighted by Gasteiger charge is -2.10. The molecule has 5 rings (SSSR count). The minimum absolute atomic E-state index is 0.196. The summed E-state index contributed by atoms with van der Waals surface area (Å²) in [5.41, 5.74) is 7.49. The van der Waals surface area contributed by atoms with Gasteiger partial charge in [0.05, 0.1) is 30.2 Å². The summed E-state index contributed by atoms with van der Waals surface area (Å²) >= 11 is 0. The maximum absolute atomic E-state index is 13.1. The summed E-state index contributed by atoms with van der Waals surface area (Å²) in [7, 11) is 0. The zero-order valence-corrected chi connectivity index (χ0v) is 18.1. The second kappa shape index (κ2) is 8.23. The van der Waals surface area contributed by atoms with Crippen molar-refractivity contribution >= 4 is 22.7 Å². The van der Waals surface area contributed by atoms with Crippen molar-refractivity contribution in [1.82, 2.24) is 14.3 Å². The van der Waals surface area contributed by atoms with Gasteiger partial charge in [0.15, 0.2) is 5.58 Å². The average Bonchev–Trinajstić information content (AvgIpc) is 3.49. The Hall–Kier alpha value is -4.06. The van der Waals surface area contributed by atoms with Gasteiger partial charge in [-0.3, -0.25) is 9.48 Å². The average molecular weight is 425 g/mol. The highest BCUT2D eigenvalue weighted by molar-refractivity contribution is 6.05. The van der Waals surface area contributed by atoms with E-state index in [1.54, 1.807) is 18.5 Å². The summed E-state index contributed by atoms with van der Waals surface area (Å²) in [6.07, 6.45) is 5.16. The number of hydrogen-bond donors (Lipinski definition) is 1. The number of nitrogens with one attached hydrogen (secondary N) is 1. The fourth-order valence-electron chi connectivity index (χ4n) is 3.80. The van der Waals surface area contributed by atoms with E-state index >= 15 is 0 Å². The summed E-state index contributed by atoms with van der Waals surface area (Å²) < 4.78 is 9.36. The molecule has 0 spiro atoms. The van der Waals surface area contributed by atoms with Gasteiger partial charge in [0.1, 0.15) is 5.69 Å². The van der Waals surface area contributed by atoms with Gasteiger partial charge in [-0.1, -0.05) is 59.7 Å². The van der Waals surface area contributed by atoms with Crippen LogP contribution in [0, 0.1) is 13.8 Å². The van der Waals surface area contributed by atoms with Gasteiger partial charge in [-0.25, -0.2) is 0 Å². The molecule has 0 aliphatic heterocycles. The standard InChI is InChI=1S/C26H24N4O2/c1-18-3-7-20(8-4-18)15-29-17-22(14-27-29)28-26(31)24-13-25-23(11-12-32-25)30(24)16-21-9-5-19(2)6-10-21/h3-14,17H,15-16H2,1-2H3,(H,28,31). The Morgan fingerprint density at radius 2 is 1.59 bits per heavy atom. The fraction of sp³-hybridized carbons (Fsp3) is 0.154. The van der Waals surface area contributed by atoms with Gasteiger partial charge in [0, 0.05) is 24.9 Å². The Bertz CT molecular complexity index is 1370. The van der Waals surface area contributed by atoms with Crippen molar-refractivity contribution in [2.45, 2.75) is 26.9 Å². The van der Waals surface area contributed by atoms with Crippen molar-refractivity contribution in [2.24, 2.45) is 0 Å². The Labute approximate surface area is 186 Å². The number of amides is 1. The van der Waals surface area contributed by atoms with Gasteiger partial charge in [0.25, 0.3) is 5.91 Å². The predicted octanol–water partition coefficient (Wildman–Crippen LogP) is 5.40. The number of aromatic nitrogens is 3. The smallest absolute Gasteiger partial charge is 0.272 e. The van der Waals surface area contributed by atoms with E-state index in [1.807, 2.05) is 21.5 Å². The first-order chi connectivity index (χ1) is 15.5. The monoisotopic (exact) mass is 424 g/mol. The minimum Gasteiger partial charge on any atom is -0.463 e. The van der Waals surface area contributed by atoms with Crippen LogP contribution in [-0.4, -0.2) is 20.3 Å². The van der Waals surface area contributed by atoms with Crippen LogP contribution in [0.2, 0.25) is 0 Å². The summed E-state index contributed by atoms with van der Waals surface area (Å²) in [6, 6.07) is 20.3. The maximum atomic E-state index is 13.1.